The van der Waals surface area contributed by atoms with Gasteiger partial charge in [-0.05, 0) is 100 Å². The van der Waals surface area contributed by atoms with Crippen molar-refractivity contribution in [1.82, 2.24) is 10.6 Å². The van der Waals surface area contributed by atoms with Gasteiger partial charge in [0, 0.05) is 25.2 Å². The molecule has 18 heteroatoms. The number of methoxy groups -OCH3 is 2. The van der Waals surface area contributed by atoms with Crippen molar-refractivity contribution in [3.63, 3.8) is 0 Å². The van der Waals surface area contributed by atoms with Gasteiger partial charge >= 0.3 is 0 Å². The number of halogens is 2. The first-order valence-electron chi connectivity index (χ1n) is 18.3. The summed E-state index contributed by atoms with van der Waals surface area (Å²) >= 11 is 0. The molecule has 0 fully saturated rings. The molecule has 0 heterocycles. The van der Waals surface area contributed by atoms with Crippen molar-refractivity contribution in [2.45, 2.75) is 62.4 Å². The summed E-state index contributed by atoms with van der Waals surface area (Å²) < 4.78 is 79.7. The van der Waals surface area contributed by atoms with Crippen LogP contribution in [-0.2, 0) is 32.9 Å². The van der Waals surface area contributed by atoms with E-state index in [1.807, 2.05) is 88.4 Å². The second kappa shape index (κ2) is 26.2. The van der Waals surface area contributed by atoms with Gasteiger partial charge in [0.25, 0.3) is 0 Å². The third-order valence-electron chi connectivity index (χ3n) is 8.16. The van der Waals surface area contributed by atoms with Crippen LogP contribution >= 0.6 is 24.8 Å². The second-order valence-corrected chi connectivity index (χ2v) is 15.7. The molecule has 0 unspecified atom stereocenters. The van der Waals surface area contributed by atoms with Gasteiger partial charge in [-0.2, -0.15) is 0 Å². The predicted molar refractivity (Wildman–Crippen MR) is 232 cm³/mol. The second-order valence-electron chi connectivity index (χ2n) is 12.6. The number of hydrogen-bond acceptors (Lipinski definition) is 12. The first kappa shape index (κ1) is 52.0. The highest BCUT2D eigenvalue weighted by Crippen LogP contribution is 2.28. The van der Waals surface area contributed by atoms with Crippen LogP contribution in [0.4, 0.5) is 0 Å². The van der Waals surface area contributed by atoms with E-state index in [1.165, 1.54) is 14.2 Å². The zero-order valence-electron chi connectivity index (χ0n) is 33.8. The van der Waals surface area contributed by atoms with Crippen molar-refractivity contribution in [1.29, 1.82) is 0 Å². The summed E-state index contributed by atoms with van der Waals surface area (Å²) in [4.78, 5) is -0.00821. The Morgan fingerprint density at radius 3 is 1.16 bits per heavy atom. The average molecular weight is 890 g/mol. The Labute approximate surface area is 356 Å². The van der Waals surface area contributed by atoms with Crippen LogP contribution in [0.2, 0.25) is 0 Å². The average Bonchev–Trinajstić information content (AvgIpc) is 3.16. The van der Waals surface area contributed by atoms with Gasteiger partial charge in [0.15, 0.2) is 23.0 Å². The van der Waals surface area contributed by atoms with Crippen LogP contribution in [-0.4, -0.2) is 82.7 Å². The molecule has 0 saturated carbocycles. The molecule has 0 aliphatic heterocycles. The molecule has 0 spiro atoms. The Hall–Kier alpha value is -4.00. The van der Waals surface area contributed by atoms with E-state index in [9.17, 15) is 16.8 Å². The number of rotatable bonds is 22. The Kier molecular flexibility index (Phi) is 23.5. The molecule has 4 rings (SSSR count). The van der Waals surface area contributed by atoms with E-state index in [4.69, 9.17) is 38.7 Å². The number of benzene rings is 4. The van der Waals surface area contributed by atoms with Gasteiger partial charge in [0.05, 0.1) is 27.4 Å². The standard InChI is InChI=1S/2C20H28N2O5S.2ClH/c2*1-4-26-17-7-5-6-8-18(17)27-12-11-22-15(2)13-16-9-10-19(25-3)20(14-16)28(21,23)24;;/h2*5-10,14-15,22H,4,11-13H2,1-3H3,(H2,21,23,24);2*1H/t2*15-;;/m11../s1. The number of ether oxygens (including phenoxy) is 6. The maximum absolute atomic E-state index is 11.7. The molecule has 0 radical (unpaired) electrons. The highest BCUT2D eigenvalue weighted by atomic mass is 35.5. The van der Waals surface area contributed by atoms with Gasteiger partial charge in [0.1, 0.15) is 34.5 Å². The number of nitrogens with one attached hydrogen (secondary N) is 2. The van der Waals surface area contributed by atoms with Crippen LogP contribution < -0.4 is 49.3 Å². The van der Waals surface area contributed by atoms with E-state index in [0.29, 0.717) is 63.9 Å². The molecular formula is C40H58Cl2N4O10S2. The lowest BCUT2D eigenvalue weighted by Gasteiger charge is -2.16. The van der Waals surface area contributed by atoms with Crippen LogP contribution in [0.1, 0.15) is 38.8 Å². The van der Waals surface area contributed by atoms with Gasteiger partial charge in [-0.1, -0.05) is 36.4 Å². The zero-order chi connectivity index (χ0) is 41.1. The molecular weight excluding hydrogens is 831 g/mol. The molecule has 2 atom stereocenters. The summed E-state index contributed by atoms with van der Waals surface area (Å²) in [5.41, 5.74) is 1.71. The summed E-state index contributed by atoms with van der Waals surface area (Å²) in [6, 6.07) is 25.4. The number of sulfonamides is 2. The molecule has 0 aliphatic rings. The Bertz CT molecular complexity index is 1900. The Morgan fingerprint density at radius 2 is 0.862 bits per heavy atom. The lowest BCUT2D eigenvalue weighted by Crippen LogP contribution is -2.32. The minimum atomic E-state index is -3.84. The van der Waals surface area contributed by atoms with Gasteiger partial charge in [-0.3, -0.25) is 0 Å². The topological polar surface area (TPSA) is 200 Å². The summed E-state index contributed by atoms with van der Waals surface area (Å²) in [5.74, 6) is 3.37. The molecule has 6 N–H and O–H groups in total. The van der Waals surface area contributed by atoms with E-state index >= 15 is 0 Å². The molecule has 58 heavy (non-hydrogen) atoms. The van der Waals surface area contributed by atoms with E-state index in [1.54, 1.807) is 24.3 Å². The minimum Gasteiger partial charge on any atom is -0.495 e. The first-order valence-corrected chi connectivity index (χ1v) is 21.3. The van der Waals surface area contributed by atoms with Crippen molar-refractivity contribution >= 4 is 44.9 Å². The molecule has 14 nitrogen and oxygen atoms in total. The summed E-state index contributed by atoms with van der Waals surface area (Å²) in [6.07, 6.45) is 1.28. The van der Waals surface area contributed by atoms with Crippen LogP contribution in [0.3, 0.4) is 0 Å². The van der Waals surface area contributed by atoms with E-state index in [-0.39, 0.29) is 58.2 Å². The Morgan fingerprint density at radius 1 is 0.534 bits per heavy atom. The molecule has 0 saturated heterocycles. The van der Waals surface area contributed by atoms with Gasteiger partial charge < -0.3 is 39.1 Å². The van der Waals surface area contributed by atoms with Gasteiger partial charge in [0.2, 0.25) is 20.0 Å². The smallest absolute Gasteiger partial charge is 0.241 e. The fraction of sp³-hybridized carbons (Fsp3) is 0.400. The molecule has 4 aromatic rings. The summed E-state index contributed by atoms with van der Waals surface area (Å²) in [6.45, 7) is 11.3. The maximum atomic E-state index is 11.7. The monoisotopic (exact) mass is 888 g/mol. The normalized spacial score (nSPS) is 12.0. The van der Waals surface area contributed by atoms with E-state index in [0.717, 1.165) is 22.6 Å². The molecule has 0 aromatic heterocycles. The number of hydrogen-bond donors (Lipinski definition) is 4. The SMILES string of the molecule is CCOc1ccccc1OCCN[C@H](C)Cc1ccc(OC)c(S(N)(=O)=O)c1.CCOc1ccccc1OCCN[C@H](C)Cc1ccc(OC)c(S(N)(=O)=O)c1.Cl.Cl. The molecule has 324 valence electrons. The summed E-state index contributed by atoms with van der Waals surface area (Å²) in [5, 5.41) is 17.3. The van der Waals surface area contributed by atoms with Crippen molar-refractivity contribution < 1.29 is 45.3 Å². The molecule has 0 aliphatic carbocycles. The maximum Gasteiger partial charge on any atom is 0.241 e. The third-order valence-corrected chi connectivity index (χ3v) is 10.0. The number of para-hydroxylation sites is 4. The highest BCUT2D eigenvalue weighted by molar-refractivity contribution is 7.89. The van der Waals surface area contributed by atoms with E-state index < -0.39 is 20.0 Å². The quantitative estimate of drug-likeness (QED) is 0.0722. The largest absolute Gasteiger partial charge is 0.495 e. The number of primary sulfonamides is 2. The van der Waals surface area contributed by atoms with E-state index in [2.05, 4.69) is 10.6 Å². The Balaban J connectivity index is 0.000000561. The van der Waals surface area contributed by atoms with Crippen LogP contribution in [0, 0.1) is 0 Å². The molecule has 0 bridgehead atoms. The van der Waals surface area contributed by atoms with Crippen molar-refractivity contribution in [3.8, 4) is 34.5 Å². The van der Waals surface area contributed by atoms with Crippen molar-refractivity contribution in [3.05, 3.63) is 96.1 Å². The first-order chi connectivity index (χ1) is 26.7. The lowest BCUT2D eigenvalue weighted by atomic mass is 10.1. The highest BCUT2D eigenvalue weighted by Gasteiger charge is 2.18. The van der Waals surface area contributed by atoms with Crippen LogP contribution in [0.15, 0.2) is 94.7 Å². The lowest BCUT2D eigenvalue weighted by molar-refractivity contribution is 0.272. The fourth-order valence-electron chi connectivity index (χ4n) is 5.61. The minimum absolute atomic E-state index is 0. The summed E-state index contributed by atoms with van der Waals surface area (Å²) in [7, 11) is -4.85. The van der Waals surface area contributed by atoms with Gasteiger partial charge in [-0.25, -0.2) is 27.1 Å². The third kappa shape index (κ3) is 17.5. The van der Waals surface area contributed by atoms with Gasteiger partial charge in [-0.15, -0.1) is 24.8 Å². The van der Waals surface area contributed by atoms with Crippen LogP contribution in [0.5, 0.6) is 34.5 Å². The van der Waals surface area contributed by atoms with Crippen LogP contribution in [0.25, 0.3) is 0 Å². The number of nitrogens with two attached hydrogens (primary N) is 2. The predicted octanol–water partition coefficient (Wildman–Crippen LogP) is 5.53. The van der Waals surface area contributed by atoms with Crippen molar-refractivity contribution in [2.24, 2.45) is 10.3 Å². The molecule has 4 aromatic carbocycles. The van der Waals surface area contributed by atoms with Crippen molar-refractivity contribution in [2.75, 3.05) is 53.7 Å². The molecule has 0 amide bonds. The zero-order valence-corrected chi connectivity index (χ0v) is 37.0. The fourth-order valence-corrected chi connectivity index (χ4v) is 7.11.